The molecule has 2 nitrogen and oxygen atoms in total. The van der Waals surface area contributed by atoms with Crippen LogP contribution < -0.4 is 5.32 Å². The summed E-state index contributed by atoms with van der Waals surface area (Å²) in [6, 6.07) is 0. The summed E-state index contributed by atoms with van der Waals surface area (Å²) in [6.07, 6.45) is 0. The third kappa shape index (κ3) is 2.61. The monoisotopic (exact) mass is 193 g/mol. The molecular formula is C9H20ClNO. The van der Waals surface area contributed by atoms with Crippen LogP contribution in [-0.4, -0.2) is 18.9 Å². The van der Waals surface area contributed by atoms with E-state index in [1.54, 1.807) is 0 Å². The van der Waals surface area contributed by atoms with Crippen molar-refractivity contribution in [3.05, 3.63) is 0 Å². The zero-order chi connectivity index (χ0) is 8.48. The van der Waals surface area contributed by atoms with E-state index in [1.807, 2.05) is 0 Å². The van der Waals surface area contributed by atoms with Crippen molar-refractivity contribution < 1.29 is 4.74 Å². The summed E-state index contributed by atoms with van der Waals surface area (Å²) < 4.78 is 5.73. The summed E-state index contributed by atoms with van der Waals surface area (Å²) in [5, 5.41) is 3.42. The average molecular weight is 194 g/mol. The van der Waals surface area contributed by atoms with Gasteiger partial charge >= 0.3 is 0 Å². The molecule has 0 aromatic carbocycles. The summed E-state index contributed by atoms with van der Waals surface area (Å²) >= 11 is 0. The maximum Gasteiger partial charge on any atom is 0.118 e. The molecule has 1 saturated heterocycles. The highest BCUT2D eigenvalue weighted by Gasteiger charge is 2.32. The van der Waals surface area contributed by atoms with Gasteiger partial charge in [0.15, 0.2) is 0 Å². The van der Waals surface area contributed by atoms with Gasteiger partial charge in [0.2, 0.25) is 0 Å². The summed E-state index contributed by atoms with van der Waals surface area (Å²) in [4.78, 5) is 0. The average Bonchev–Trinajstić information content (AvgIpc) is 1.95. The number of ether oxygens (including phenoxy) is 1. The Balaban J connectivity index is 0.00000121. The number of hydrogen-bond acceptors (Lipinski definition) is 2. The quantitative estimate of drug-likeness (QED) is 0.688. The Morgan fingerprint density at radius 1 is 1.50 bits per heavy atom. The maximum absolute atomic E-state index is 5.73. The Kier molecular flexibility index (Phi) is 4.53. The minimum atomic E-state index is -0.0908. The lowest BCUT2D eigenvalue weighted by molar-refractivity contribution is -0.128. The van der Waals surface area contributed by atoms with E-state index in [1.165, 1.54) is 0 Å². The van der Waals surface area contributed by atoms with Crippen molar-refractivity contribution in [3.63, 3.8) is 0 Å². The molecule has 0 aliphatic carbocycles. The van der Waals surface area contributed by atoms with Crippen LogP contribution in [0.1, 0.15) is 27.7 Å². The molecule has 1 N–H and O–H groups in total. The zero-order valence-corrected chi connectivity index (χ0v) is 9.20. The second-order valence-electron chi connectivity index (χ2n) is 4.06. The van der Waals surface area contributed by atoms with Crippen molar-refractivity contribution in [2.75, 3.05) is 13.2 Å². The van der Waals surface area contributed by atoms with Gasteiger partial charge in [-0.15, -0.1) is 12.4 Å². The fraction of sp³-hybridized carbons (Fsp3) is 1.00. The molecular weight excluding hydrogens is 174 g/mol. The highest BCUT2D eigenvalue weighted by molar-refractivity contribution is 5.85. The molecule has 1 heterocycles. The third-order valence-electron chi connectivity index (χ3n) is 2.57. The molecule has 1 rings (SSSR count). The molecule has 0 amide bonds. The summed E-state index contributed by atoms with van der Waals surface area (Å²) in [7, 11) is 0. The van der Waals surface area contributed by atoms with E-state index in [0.717, 1.165) is 13.2 Å². The van der Waals surface area contributed by atoms with E-state index >= 15 is 0 Å². The first-order valence-electron chi connectivity index (χ1n) is 4.43. The second-order valence-corrected chi connectivity index (χ2v) is 4.06. The first-order chi connectivity index (χ1) is 5.04. The molecule has 1 aliphatic rings. The van der Waals surface area contributed by atoms with E-state index in [2.05, 4.69) is 33.0 Å². The molecule has 0 spiro atoms. The molecule has 0 aromatic heterocycles. The Morgan fingerprint density at radius 3 is 2.42 bits per heavy atom. The number of halogens is 1. The first-order valence-corrected chi connectivity index (χ1v) is 4.43. The van der Waals surface area contributed by atoms with E-state index in [4.69, 9.17) is 4.74 Å². The smallest absolute Gasteiger partial charge is 0.118 e. The van der Waals surface area contributed by atoms with Crippen LogP contribution in [0.4, 0.5) is 0 Å². The number of hydrogen-bond donors (Lipinski definition) is 1. The van der Waals surface area contributed by atoms with Gasteiger partial charge in [-0.2, -0.15) is 0 Å². The Labute approximate surface area is 81.5 Å². The van der Waals surface area contributed by atoms with Gasteiger partial charge in [-0.3, -0.25) is 5.32 Å². The molecule has 0 bridgehead atoms. The molecule has 1 aliphatic heterocycles. The van der Waals surface area contributed by atoms with Crippen LogP contribution in [0, 0.1) is 11.8 Å². The Hall–Kier alpha value is 0.210. The fourth-order valence-electron chi connectivity index (χ4n) is 1.17. The zero-order valence-electron chi connectivity index (χ0n) is 8.39. The predicted molar refractivity (Wildman–Crippen MR) is 53.6 cm³/mol. The van der Waals surface area contributed by atoms with Gasteiger partial charge in [0.05, 0.1) is 6.61 Å². The molecule has 2 atom stereocenters. The predicted octanol–water partition coefficient (Wildman–Crippen LogP) is 2.04. The molecule has 0 saturated carbocycles. The highest BCUT2D eigenvalue weighted by Crippen LogP contribution is 2.22. The van der Waals surface area contributed by atoms with Crippen molar-refractivity contribution in [1.29, 1.82) is 0 Å². The topological polar surface area (TPSA) is 21.3 Å². The molecule has 3 heteroatoms. The van der Waals surface area contributed by atoms with Gasteiger partial charge < -0.3 is 4.74 Å². The van der Waals surface area contributed by atoms with Crippen molar-refractivity contribution >= 4 is 12.4 Å². The van der Waals surface area contributed by atoms with E-state index in [9.17, 15) is 0 Å². The summed E-state index contributed by atoms with van der Waals surface area (Å²) in [6.45, 7) is 10.7. The van der Waals surface area contributed by atoms with Crippen LogP contribution in [-0.2, 0) is 4.74 Å². The van der Waals surface area contributed by atoms with Crippen molar-refractivity contribution in [2.45, 2.75) is 33.4 Å². The van der Waals surface area contributed by atoms with Crippen LogP contribution >= 0.6 is 12.4 Å². The van der Waals surface area contributed by atoms with Crippen LogP contribution in [0.5, 0.6) is 0 Å². The summed E-state index contributed by atoms with van der Waals surface area (Å²) in [5.74, 6) is 1.19. The Morgan fingerprint density at radius 2 is 2.08 bits per heavy atom. The minimum absolute atomic E-state index is 0. The van der Waals surface area contributed by atoms with Crippen LogP contribution in [0.3, 0.4) is 0 Å². The maximum atomic E-state index is 5.73. The van der Waals surface area contributed by atoms with Crippen molar-refractivity contribution in [3.8, 4) is 0 Å². The second kappa shape index (κ2) is 4.45. The standard InChI is InChI=1S/C9H19NO.ClH/c1-7(2)9(4)10-5-8(3)6-11-9;/h7-8,10H,5-6H2,1-4H3;1H. The molecule has 1 fully saturated rings. The minimum Gasteiger partial charge on any atom is -0.360 e. The van der Waals surface area contributed by atoms with E-state index < -0.39 is 0 Å². The molecule has 12 heavy (non-hydrogen) atoms. The lowest BCUT2D eigenvalue weighted by Gasteiger charge is -2.40. The van der Waals surface area contributed by atoms with Gasteiger partial charge in [0.1, 0.15) is 5.72 Å². The normalized spacial score (nSPS) is 36.2. The molecule has 0 aromatic rings. The Bertz CT molecular complexity index is 130. The van der Waals surface area contributed by atoms with Crippen molar-refractivity contribution in [2.24, 2.45) is 11.8 Å². The van der Waals surface area contributed by atoms with Crippen LogP contribution in [0.15, 0.2) is 0 Å². The largest absolute Gasteiger partial charge is 0.360 e. The van der Waals surface area contributed by atoms with Gasteiger partial charge in [-0.25, -0.2) is 0 Å². The third-order valence-corrected chi connectivity index (χ3v) is 2.57. The van der Waals surface area contributed by atoms with Crippen LogP contribution in [0.2, 0.25) is 0 Å². The lowest BCUT2D eigenvalue weighted by atomic mass is 9.98. The van der Waals surface area contributed by atoms with Gasteiger partial charge in [0.25, 0.3) is 0 Å². The lowest BCUT2D eigenvalue weighted by Crippen LogP contribution is -2.55. The number of nitrogens with one attached hydrogen (secondary N) is 1. The van der Waals surface area contributed by atoms with E-state index in [-0.39, 0.29) is 18.1 Å². The molecule has 74 valence electrons. The van der Waals surface area contributed by atoms with Gasteiger partial charge in [-0.05, 0) is 18.8 Å². The highest BCUT2D eigenvalue weighted by atomic mass is 35.5. The SMILES string of the molecule is CC1CNC(C)(C(C)C)OC1.Cl. The van der Waals surface area contributed by atoms with E-state index in [0.29, 0.717) is 11.8 Å². The number of rotatable bonds is 1. The molecule has 2 unspecified atom stereocenters. The van der Waals surface area contributed by atoms with Gasteiger partial charge in [0, 0.05) is 6.54 Å². The van der Waals surface area contributed by atoms with Crippen molar-refractivity contribution in [1.82, 2.24) is 5.32 Å². The van der Waals surface area contributed by atoms with Crippen LogP contribution in [0.25, 0.3) is 0 Å². The van der Waals surface area contributed by atoms with Gasteiger partial charge in [-0.1, -0.05) is 20.8 Å². The fourth-order valence-corrected chi connectivity index (χ4v) is 1.17. The summed E-state index contributed by atoms with van der Waals surface area (Å²) in [5.41, 5.74) is -0.0908. The molecule has 0 radical (unpaired) electrons. The first kappa shape index (κ1) is 12.2.